The number of alkyl halides is 3. The van der Waals surface area contributed by atoms with Gasteiger partial charge in [0.25, 0.3) is 5.92 Å². The van der Waals surface area contributed by atoms with Gasteiger partial charge in [0.2, 0.25) is 0 Å². The molecule has 1 aromatic carbocycles. The topological polar surface area (TPSA) is 48.6 Å². The van der Waals surface area contributed by atoms with Crippen LogP contribution < -0.4 is 0 Å². The molecule has 3 heterocycles. The van der Waals surface area contributed by atoms with Crippen LogP contribution in [0.25, 0.3) is 12.2 Å². The van der Waals surface area contributed by atoms with Crippen LogP contribution in [0.2, 0.25) is 0 Å². The van der Waals surface area contributed by atoms with Crippen molar-refractivity contribution in [3.8, 4) is 0 Å². The van der Waals surface area contributed by atoms with Gasteiger partial charge in [0.05, 0.1) is 26.4 Å². The number of fused-ring (bicyclic) bond motifs is 3. The number of ether oxygens (including phenoxy) is 1. The Kier molecular flexibility index (Phi) is 8.43. The van der Waals surface area contributed by atoms with Gasteiger partial charge in [-0.2, -0.15) is 0 Å². The Hall–Kier alpha value is -2.98. The summed E-state index contributed by atoms with van der Waals surface area (Å²) in [6.45, 7) is 3.55. The Morgan fingerprint density at radius 1 is 1.20 bits per heavy atom. The summed E-state index contributed by atoms with van der Waals surface area (Å²) in [5.41, 5.74) is 4.47. The van der Waals surface area contributed by atoms with Gasteiger partial charge >= 0.3 is 5.97 Å². The van der Waals surface area contributed by atoms with Crippen LogP contribution in [0.3, 0.4) is 0 Å². The number of carbonyl (C=O) groups is 1. The normalized spacial score (nSPS) is 22.5. The van der Waals surface area contributed by atoms with Crippen molar-refractivity contribution in [1.82, 2.24) is 14.8 Å². The molecule has 3 aliphatic rings. The van der Waals surface area contributed by atoms with E-state index in [1.54, 1.807) is 19.1 Å². The lowest BCUT2D eigenvalue weighted by Crippen LogP contribution is -2.48. The highest BCUT2D eigenvalue weighted by Gasteiger charge is 2.43. The highest BCUT2D eigenvalue weighted by atomic mass is 19.3. The number of hydrogen-bond acceptors (Lipinski definition) is 4. The number of nitrogens with one attached hydrogen (secondary N) is 1. The molecular formula is C31H38F5N3O2. The molecule has 41 heavy (non-hydrogen) atoms. The monoisotopic (exact) mass is 579 g/mol. The molecule has 0 amide bonds. The molecule has 0 unspecified atom stereocenters. The summed E-state index contributed by atoms with van der Waals surface area (Å²) < 4.78 is 78.1. The van der Waals surface area contributed by atoms with Gasteiger partial charge in [-0.25, -0.2) is 22.4 Å². The average molecular weight is 580 g/mol. The number of benzene rings is 1. The van der Waals surface area contributed by atoms with E-state index >= 15 is 8.78 Å². The van der Waals surface area contributed by atoms with Gasteiger partial charge in [-0.05, 0) is 73.9 Å². The molecule has 1 fully saturated rings. The maximum atomic E-state index is 15.9. The molecule has 1 aliphatic carbocycles. The van der Waals surface area contributed by atoms with Gasteiger partial charge in [0.15, 0.2) is 0 Å². The van der Waals surface area contributed by atoms with Crippen molar-refractivity contribution >= 4 is 18.1 Å². The first kappa shape index (κ1) is 29.5. The molecule has 0 spiro atoms. The minimum atomic E-state index is -3.10. The molecule has 2 atom stereocenters. The molecular weight excluding hydrogens is 541 g/mol. The van der Waals surface area contributed by atoms with E-state index in [2.05, 4.69) is 9.88 Å². The smallest absolute Gasteiger partial charge is 0.333 e. The van der Waals surface area contributed by atoms with Crippen LogP contribution in [0, 0.1) is 11.6 Å². The predicted octanol–water partition coefficient (Wildman–Crippen LogP) is 6.48. The maximum absolute atomic E-state index is 15.9. The Balaban J connectivity index is 0.00000405. The molecule has 0 radical (unpaired) electrons. The molecule has 5 rings (SSSR count). The number of aromatic amines is 1. The van der Waals surface area contributed by atoms with Gasteiger partial charge in [-0.1, -0.05) is 11.6 Å². The standard InChI is InChI=1S/C31H36F5N3O2.H2/c1-18-11-23-22-6-5-21(30(40)41-3)15-26(22)37-28(23)29(39(18)17-31(2,35)36)27-24(33)13-20(14-25(27)34)12-19-7-10-38(16-19)9-4-8-32;/h12-15,18,29,37H,4-11,16-17H2,1-3H3;1H/b19-12-;/t18-,29-;/m1./s1. The molecule has 2 aliphatic heterocycles. The summed E-state index contributed by atoms with van der Waals surface area (Å²) in [6, 6.07) is 0.993. The first-order chi connectivity index (χ1) is 19.5. The number of likely N-dealkylation sites (tertiary alicyclic amines) is 1. The summed E-state index contributed by atoms with van der Waals surface area (Å²) >= 11 is 0. The van der Waals surface area contributed by atoms with Crippen LogP contribution in [0.15, 0.2) is 23.3 Å². The zero-order chi connectivity index (χ0) is 29.5. The molecule has 0 saturated carbocycles. The van der Waals surface area contributed by atoms with Crippen LogP contribution in [-0.4, -0.2) is 72.7 Å². The van der Waals surface area contributed by atoms with Crippen LogP contribution in [0.1, 0.15) is 74.2 Å². The number of hydrogen-bond donors (Lipinski definition) is 1. The van der Waals surface area contributed by atoms with Gasteiger partial charge in [-0.3, -0.25) is 14.2 Å². The van der Waals surface area contributed by atoms with Gasteiger partial charge in [-0.15, -0.1) is 0 Å². The van der Waals surface area contributed by atoms with Crippen molar-refractivity contribution in [2.24, 2.45) is 0 Å². The summed E-state index contributed by atoms with van der Waals surface area (Å²) in [5.74, 6) is -5.16. The minimum absolute atomic E-state index is 0. The first-order valence-corrected chi connectivity index (χ1v) is 14.1. The lowest BCUT2D eigenvalue weighted by atomic mass is 9.84. The fraction of sp³-hybridized carbons (Fsp3) is 0.516. The zero-order valence-electron chi connectivity index (χ0n) is 23.6. The second-order valence-corrected chi connectivity index (χ2v) is 11.5. The van der Waals surface area contributed by atoms with E-state index in [1.807, 2.05) is 0 Å². The summed E-state index contributed by atoms with van der Waals surface area (Å²) in [6.07, 6.45) is 6.04. The molecule has 2 aromatic rings. The molecule has 0 bridgehead atoms. The summed E-state index contributed by atoms with van der Waals surface area (Å²) in [4.78, 5) is 19.0. The number of halogens is 5. The van der Waals surface area contributed by atoms with Gasteiger partial charge < -0.3 is 9.72 Å². The Labute approximate surface area is 238 Å². The van der Waals surface area contributed by atoms with Crippen molar-refractivity contribution in [1.29, 1.82) is 0 Å². The van der Waals surface area contributed by atoms with Crippen LogP contribution in [0.4, 0.5) is 22.0 Å². The van der Waals surface area contributed by atoms with Crippen LogP contribution in [-0.2, 0) is 22.4 Å². The quantitative estimate of drug-likeness (QED) is 0.287. The summed E-state index contributed by atoms with van der Waals surface area (Å²) in [7, 11) is 1.31. The number of nitrogens with zero attached hydrogens (tertiary/aromatic N) is 2. The van der Waals surface area contributed by atoms with E-state index in [9.17, 15) is 18.0 Å². The average Bonchev–Trinajstić information content (AvgIpc) is 3.51. The van der Waals surface area contributed by atoms with E-state index in [-0.39, 0.29) is 13.7 Å². The lowest BCUT2D eigenvalue weighted by Gasteiger charge is -2.42. The molecule has 1 aromatic heterocycles. The third-order valence-electron chi connectivity index (χ3n) is 8.35. The van der Waals surface area contributed by atoms with Crippen LogP contribution >= 0.6 is 0 Å². The van der Waals surface area contributed by atoms with Gasteiger partial charge in [0, 0.05) is 56.6 Å². The zero-order valence-corrected chi connectivity index (χ0v) is 23.6. The molecule has 5 nitrogen and oxygen atoms in total. The van der Waals surface area contributed by atoms with E-state index in [0.717, 1.165) is 36.6 Å². The Morgan fingerprint density at radius 3 is 2.59 bits per heavy atom. The molecule has 1 saturated heterocycles. The molecule has 10 heteroatoms. The number of carbonyl (C=O) groups excluding carboxylic acids is 1. The van der Waals surface area contributed by atoms with E-state index in [4.69, 9.17) is 4.74 Å². The fourth-order valence-electron chi connectivity index (χ4n) is 6.53. The number of esters is 1. The Morgan fingerprint density at radius 2 is 1.93 bits per heavy atom. The lowest BCUT2D eigenvalue weighted by molar-refractivity contribution is -0.136. The Bertz CT molecular complexity index is 1360. The predicted molar refractivity (Wildman–Crippen MR) is 150 cm³/mol. The second kappa shape index (κ2) is 11.7. The van der Waals surface area contributed by atoms with E-state index in [0.29, 0.717) is 61.3 Å². The highest BCUT2D eigenvalue weighted by molar-refractivity contribution is 5.94. The summed E-state index contributed by atoms with van der Waals surface area (Å²) in [5, 5.41) is 0. The van der Waals surface area contributed by atoms with Crippen molar-refractivity contribution in [3.63, 3.8) is 0 Å². The largest absolute Gasteiger partial charge is 0.466 e. The second-order valence-electron chi connectivity index (χ2n) is 11.5. The van der Waals surface area contributed by atoms with E-state index < -0.39 is 42.2 Å². The molecule has 1 N–H and O–H groups in total. The SMILES string of the molecule is COC(=O)C1=Cc2[nH]c3c(c2CC1)C[C@@H](C)N(CC(C)(F)F)[C@@H]3c1c(F)cc(/C=C2/CCN(CCCF)C2)cc1F.[HH]. The van der Waals surface area contributed by atoms with Crippen LogP contribution in [0.5, 0.6) is 0 Å². The first-order valence-electron chi connectivity index (χ1n) is 14.1. The fourth-order valence-corrected chi connectivity index (χ4v) is 6.53. The van der Waals surface area contributed by atoms with Crippen molar-refractivity contribution in [3.05, 3.63) is 68.6 Å². The van der Waals surface area contributed by atoms with Gasteiger partial charge in [0.1, 0.15) is 11.6 Å². The van der Waals surface area contributed by atoms with Crippen molar-refractivity contribution in [2.75, 3.05) is 40.0 Å². The van der Waals surface area contributed by atoms with Crippen molar-refractivity contribution in [2.45, 2.75) is 64.0 Å². The van der Waals surface area contributed by atoms with E-state index in [1.165, 1.54) is 24.1 Å². The number of aromatic nitrogens is 1. The molecule has 224 valence electrons. The number of H-pyrrole nitrogens is 1. The maximum Gasteiger partial charge on any atom is 0.333 e. The number of rotatable bonds is 8. The third-order valence-corrected chi connectivity index (χ3v) is 8.35. The minimum Gasteiger partial charge on any atom is -0.466 e. The highest BCUT2D eigenvalue weighted by Crippen LogP contribution is 2.44. The number of methoxy groups -OCH3 is 1. The van der Waals surface area contributed by atoms with Crippen molar-refractivity contribution < 1.29 is 32.9 Å². The third kappa shape index (κ3) is 6.14.